The molecule has 1 aromatic heterocycles. The summed E-state index contributed by atoms with van der Waals surface area (Å²) >= 11 is 1.17. The number of thiophene rings is 1. The van der Waals surface area contributed by atoms with Crippen molar-refractivity contribution >= 4 is 37.1 Å². The van der Waals surface area contributed by atoms with E-state index in [2.05, 4.69) is 4.72 Å². The molecule has 2 N–H and O–H groups in total. The van der Waals surface area contributed by atoms with E-state index in [1.54, 1.807) is 38.3 Å². The highest BCUT2D eigenvalue weighted by Gasteiger charge is 2.36. The van der Waals surface area contributed by atoms with Gasteiger partial charge in [-0.05, 0) is 56.3 Å². The van der Waals surface area contributed by atoms with Crippen molar-refractivity contribution in [3.63, 3.8) is 0 Å². The van der Waals surface area contributed by atoms with Crippen LogP contribution in [0.4, 0.5) is 5.69 Å². The Morgan fingerprint density at radius 2 is 1.82 bits per heavy atom. The van der Waals surface area contributed by atoms with Gasteiger partial charge >= 0.3 is 0 Å². The van der Waals surface area contributed by atoms with E-state index >= 15 is 0 Å². The number of nitrogens with one attached hydrogen (secondary N) is 1. The molecule has 2 heterocycles. The van der Waals surface area contributed by atoms with Crippen molar-refractivity contribution in [2.75, 3.05) is 31.1 Å². The third kappa shape index (κ3) is 5.95. The molecule has 184 valence electrons. The number of nitrogens with zero attached hydrogens (tertiary/aromatic N) is 2. The monoisotopic (exact) mass is 515 g/mol. The lowest BCUT2D eigenvalue weighted by Gasteiger charge is -2.42. The summed E-state index contributed by atoms with van der Waals surface area (Å²) in [5, 5.41) is 11.4. The first-order chi connectivity index (χ1) is 15.4. The molecular formula is C22H33N3O5S3. The summed E-state index contributed by atoms with van der Waals surface area (Å²) in [7, 11) is -7.16. The van der Waals surface area contributed by atoms with E-state index in [1.807, 2.05) is 36.1 Å². The molecule has 0 radical (unpaired) electrons. The first-order valence-corrected chi connectivity index (χ1v) is 14.8. The second kappa shape index (κ2) is 10.0. The number of sulfonamides is 2. The minimum atomic E-state index is -3.64. The SMILES string of the molecule is CC[C@H](C)S(=O)(=O)NC[C@H]1CN(S(=O)(=O)c2cccs2)CCN1c1ccc(C(C)(C)O)cc1. The molecule has 33 heavy (non-hydrogen) atoms. The summed E-state index contributed by atoms with van der Waals surface area (Å²) in [5.74, 6) is 0. The van der Waals surface area contributed by atoms with Gasteiger partial charge in [-0.3, -0.25) is 0 Å². The summed E-state index contributed by atoms with van der Waals surface area (Å²) in [6.45, 7) is 7.86. The van der Waals surface area contributed by atoms with E-state index in [0.29, 0.717) is 19.5 Å². The number of piperazine rings is 1. The van der Waals surface area contributed by atoms with Crippen molar-refractivity contribution in [2.24, 2.45) is 0 Å². The molecule has 1 saturated heterocycles. The van der Waals surface area contributed by atoms with Gasteiger partial charge in [0, 0.05) is 31.9 Å². The van der Waals surface area contributed by atoms with Gasteiger partial charge in [-0.15, -0.1) is 11.3 Å². The van der Waals surface area contributed by atoms with Gasteiger partial charge in [0.1, 0.15) is 4.21 Å². The molecule has 1 aliphatic heterocycles. The number of rotatable bonds is 9. The Labute approximate surface area is 201 Å². The van der Waals surface area contributed by atoms with E-state index in [4.69, 9.17) is 0 Å². The Hall–Kier alpha value is -1.50. The standard InChI is InChI=1S/C22H33N3O5S3/c1-5-17(2)32(27,28)23-15-20-16-24(33(29,30)21-7-6-14-31-21)12-13-25(20)19-10-8-18(9-11-19)22(3,4)26/h6-11,14,17,20,23,26H,5,12-13,15-16H2,1-4H3/t17-,20-/m0/s1. The maximum absolute atomic E-state index is 13.1. The molecule has 0 saturated carbocycles. The topological polar surface area (TPSA) is 107 Å². The maximum Gasteiger partial charge on any atom is 0.252 e. The molecule has 1 aliphatic rings. The fourth-order valence-corrected chi connectivity index (χ4v) is 7.49. The van der Waals surface area contributed by atoms with Crippen LogP contribution in [0, 0.1) is 0 Å². The molecular weight excluding hydrogens is 482 g/mol. The summed E-state index contributed by atoms with van der Waals surface area (Å²) in [5.41, 5.74) is 0.639. The highest BCUT2D eigenvalue weighted by atomic mass is 32.2. The van der Waals surface area contributed by atoms with Crippen LogP contribution in [0.15, 0.2) is 46.0 Å². The second-order valence-electron chi connectivity index (χ2n) is 8.86. The highest BCUT2D eigenvalue weighted by molar-refractivity contribution is 7.91. The van der Waals surface area contributed by atoms with E-state index in [-0.39, 0.29) is 23.3 Å². The fraction of sp³-hybridized carbons (Fsp3) is 0.545. The lowest BCUT2D eigenvalue weighted by molar-refractivity contribution is 0.0786. The Bertz CT molecular complexity index is 1120. The number of benzene rings is 1. The van der Waals surface area contributed by atoms with E-state index in [1.165, 1.54) is 15.6 Å². The minimum absolute atomic E-state index is 0.0936. The van der Waals surface area contributed by atoms with Crippen LogP contribution >= 0.6 is 11.3 Å². The Morgan fingerprint density at radius 3 is 2.36 bits per heavy atom. The van der Waals surface area contributed by atoms with Crippen LogP contribution in [-0.2, 0) is 25.6 Å². The van der Waals surface area contributed by atoms with Gasteiger partial charge in [0.25, 0.3) is 10.0 Å². The predicted octanol–water partition coefficient (Wildman–Crippen LogP) is 2.57. The molecule has 1 aromatic carbocycles. The maximum atomic E-state index is 13.1. The van der Waals surface area contributed by atoms with Crippen molar-refractivity contribution in [3.05, 3.63) is 47.3 Å². The average Bonchev–Trinajstić information content (AvgIpc) is 3.32. The van der Waals surface area contributed by atoms with Crippen LogP contribution in [0.3, 0.4) is 0 Å². The van der Waals surface area contributed by atoms with E-state index in [0.717, 1.165) is 11.3 Å². The van der Waals surface area contributed by atoms with Crippen LogP contribution in [0.2, 0.25) is 0 Å². The molecule has 1 fully saturated rings. The third-order valence-corrected chi connectivity index (χ3v) is 11.3. The molecule has 8 nitrogen and oxygen atoms in total. The molecule has 0 spiro atoms. The molecule has 0 aliphatic carbocycles. The third-order valence-electron chi connectivity index (χ3n) is 6.06. The lowest BCUT2D eigenvalue weighted by atomic mass is 9.98. The van der Waals surface area contributed by atoms with Crippen molar-refractivity contribution < 1.29 is 21.9 Å². The van der Waals surface area contributed by atoms with Gasteiger partial charge in [-0.1, -0.05) is 25.1 Å². The van der Waals surface area contributed by atoms with Gasteiger partial charge in [-0.2, -0.15) is 4.31 Å². The average molecular weight is 516 g/mol. The molecule has 0 bridgehead atoms. The van der Waals surface area contributed by atoms with Crippen LogP contribution < -0.4 is 9.62 Å². The summed E-state index contributed by atoms with van der Waals surface area (Å²) in [6, 6.07) is 10.3. The van der Waals surface area contributed by atoms with Gasteiger partial charge in [0.05, 0.1) is 16.9 Å². The van der Waals surface area contributed by atoms with Gasteiger partial charge in [0.15, 0.2) is 0 Å². The second-order valence-corrected chi connectivity index (χ2v) is 14.2. The van der Waals surface area contributed by atoms with Gasteiger partial charge < -0.3 is 10.0 Å². The molecule has 3 rings (SSSR count). The number of hydrogen-bond donors (Lipinski definition) is 2. The zero-order chi connectivity index (χ0) is 24.4. The number of aliphatic hydroxyl groups is 1. The summed E-state index contributed by atoms with van der Waals surface area (Å²) in [4.78, 5) is 2.04. The largest absolute Gasteiger partial charge is 0.386 e. The lowest BCUT2D eigenvalue weighted by Crippen LogP contribution is -2.58. The molecule has 11 heteroatoms. The minimum Gasteiger partial charge on any atom is -0.386 e. The van der Waals surface area contributed by atoms with Crippen molar-refractivity contribution in [1.29, 1.82) is 0 Å². The van der Waals surface area contributed by atoms with Crippen molar-refractivity contribution in [3.8, 4) is 0 Å². The predicted molar refractivity (Wildman–Crippen MR) is 133 cm³/mol. The number of hydrogen-bond acceptors (Lipinski definition) is 7. The normalized spacial score (nSPS) is 19.5. The number of anilines is 1. The van der Waals surface area contributed by atoms with Gasteiger partial charge in [-0.25, -0.2) is 21.6 Å². The van der Waals surface area contributed by atoms with Crippen LogP contribution in [0.25, 0.3) is 0 Å². The molecule has 0 unspecified atom stereocenters. The quantitative estimate of drug-likeness (QED) is 0.532. The van der Waals surface area contributed by atoms with Crippen molar-refractivity contribution in [1.82, 2.24) is 9.03 Å². The first kappa shape index (κ1) is 26.1. The van der Waals surface area contributed by atoms with Gasteiger partial charge in [0.2, 0.25) is 10.0 Å². The Morgan fingerprint density at radius 1 is 1.15 bits per heavy atom. The Kier molecular flexibility index (Phi) is 7.92. The first-order valence-electron chi connectivity index (χ1n) is 11.0. The van der Waals surface area contributed by atoms with Crippen LogP contribution in [0.1, 0.15) is 39.7 Å². The van der Waals surface area contributed by atoms with Crippen LogP contribution in [0.5, 0.6) is 0 Å². The highest BCUT2D eigenvalue weighted by Crippen LogP contribution is 2.28. The molecule has 2 atom stereocenters. The summed E-state index contributed by atoms with van der Waals surface area (Å²) < 4.78 is 55.8. The molecule has 0 amide bonds. The van der Waals surface area contributed by atoms with E-state index in [9.17, 15) is 21.9 Å². The zero-order valence-electron chi connectivity index (χ0n) is 19.4. The summed E-state index contributed by atoms with van der Waals surface area (Å²) in [6.07, 6.45) is 0.487. The zero-order valence-corrected chi connectivity index (χ0v) is 21.9. The fourth-order valence-electron chi connectivity index (χ4n) is 3.73. The smallest absolute Gasteiger partial charge is 0.252 e. The van der Waals surface area contributed by atoms with E-state index < -0.39 is 30.9 Å². The van der Waals surface area contributed by atoms with Crippen LogP contribution in [-0.4, -0.2) is 63.7 Å². The Balaban J connectivity index is 1.87. The van der Waals surface area contributed by atoms with Crippen molar-refractivity contribution in [2.45, 2.75) is 55.2 Å². The molecule has 2 aromatic rings.